The summed E-state index contributed by atoms with van der Waals surface area (Å²) in [6.45, 7) is 12.6. The SMILES string of the molecule is CNc1cc(CCCCCCCCCO[Si](C)(C)C(C)(C)C)ccn1. The van der Waals surface area contributed by atoms with E-state index in [2.05, 4.69) is 56.3 Å². The van der Waals surface area contributed by atoms with Crippen LogP contribution in [0.2, 0.25) is 18.1 Å². The fraction of sp³-hybridized carbons (Fsp3) is 0.762. The summed E-state index contributed by atoms with van der Waals surface area (Å²) in [5.74, 6) is 0.970. The van der Waals surface area contributed by atoms with Gasteiger partial charge in [0.15, 0.2) is 8.32 Å². The van der Waals surface area contributed by atoms with E-state index in [1.54, 1.807) is 0 Å². The highest BCUT2D eigenvalue weighted by Gasteiger charge is 2.36. The van der Waals surface area contributed by atoms with Crippen molar-refractivity contribution in [2.75, 3.05) is 19.0 Å². The molecule has 1 heterocycles. The molecule has 0 atom stereocenters. The minimum atomic E-state index is -1.54. The molecule has 0 bridgehead atoms. The number of hydrogen-bond acceptors (Lipinski definition) is 3. The first-order valence-corrected chi connectivity index (χ1v) is 12.9. The van der Waals surface area contributed by atoms with Gasteiger partial charge in [0.1, 0.15) is 5.82 Å². The van der Waals surface area contributed by atoms with E-state index in [0.717, 1.165) is 18.8 Å². The van der Waals surface area contributed by atoms with E-state index in [9.17, 15) is 0 Å². The average Bonchev–Trinajstić information content (AvgIpc) is 2.55. The molecule has 1 N–H and O–H groups in total. The van der Waals surface area contributed by atoms with Gasteiger partial charge in [-0.25, -0.2) is 4.98 Å². The van der Waals surface area contributed by atoms with Crippen LogP contribution in [0.5, 0.6) is 0 Å². The van der Waals surface area contributed by atoms with Crippen LogP contribution in [0, 0.1) is 0 Å². The first kappa shape index (κ1) is 22.2. The lowest BCUT2D eigenvalue weighted by atomic mass is 10.1. The Morgan fingerprint density at radius 2 is 1.60 bits per heavy atom. The van der Waals surface area contributed by atoms with E-state index in [-0.39, 0.29) is 0 Å². The van der Waals surface area contributed by atoms with Crippen molar-refractivity contribution in [3.63, 3.8) is 0 Å². The Morgan fingerprint density at radius 3 is 2.20 bits per heavy atom. The summed E-state index contributed by atoms with van der Waals surface area (Å²) < 4.78 is 6.24. The van der Waals surface area contributed by atoms with Crippen LogP contribution in [0.3, 0.4) is 0 Å². The van der Waals surface area contributed by atoms with E-state index in [4.69, 9.17) is 4.43 Å². The van der Waals surface area contributed by atoms with E-state index in [1.165, 1.54) is 50.5 Å². The molecule has 0 saturated carbocycles. The largest absolute Gasteiger partial charge is 0.417 e. The topological polar surface area (TPSA) is 34.1 Å². The van der Waals surface area contributed by atoms with Gasteiger partial charge in [-0.3, -0.25) is 0 Å². The molecular weight excluding hydrogens is 324 g/mol. The number of aromatic nitrogens is 1. The summed E-state index contributed by atoms with van der Waals surface area (Å²) in [6.07, 6.45) is 12.3. The Morgan fingerprint density at radius 1 is 1.00 bits per heavy atom. The molecule has 1 aromatic heterocycles. The second-order valence-corrected chi connectivity index (χ2v) is 13.4. The first-order valence-electron chi connectivity index (χ1n) is 10.0. The Bertz CT molecular complexity index is 483. The number of unbranched alkanes of at least 4 members (excludes halogenated alkanes) is 6. The third kappa shape index (κ3) is 8.86. The van der Waals surface area contributed by atoms with E-state index in [0.29, 0.717) is 5.04 Å². The maximum absolute atomic E-state index is 6.24. The molecule has 0 saturated heterocycles. The van der Waals surface area contributed by atoms with Crippen molar-refractivity contribution in [2.45, 2.75) is 90.3 Å². The van der Waals surface area contributed by atoms with E-state index >= 15 is 0 Å². The number of nitrogens with one attached hydrogen (secondary N) is 1. The molecular formula is C21H40N2OSi. The molecule has 25 heavy (non-hydrogen) atoms. The Hall–Kier alpha value is -0.873. The first-order chi connectivity index (χ1) is 11.8. The van der Waals surface area contributed by atoms with Crippen molar-refractivity contribution in [1.82, 2.24) is 4.98 Å². The maximum atomic E-state index is 6.24. The van der Waals surface area contributed by atoms with Crippen molar-refractivity contribution in [3.8, 4) is 0 Å². The highest BCUT2D eigenvalue weighted by Crippen LogP contribution is 2.36. The maximum Gasteiger partial charge on any atom is 0.191 e. The molecule has 0 unspecified atom stereocenters. The fourth-order valence-corrected chi connectivity index (χ4v) is 3.71. The van der Waals surface area contributed by atoms with Crippen LogP contribution < -0.4 is 5.32 Å². The standard InChI is InChI=1S/C21H40N2OSi/c1-21(2,3)25(5,6)24-17-13-11-9-7-8-10-12-14-19-15-16-23-20(18-19)22-4/h15-16,18H,7-14,17H2,1-6H3,(H,22,23). The molecule has 3 nitrogen and oxygen atoms in total. The minimum absolute atomic E-state index is 0.329. The number of hydrogen-bond donors (Lipinski definition) is 1. The Labute approximate surface area is 157 Å². The van der Waals surface area contributed by atoms with Crippen molar-refractivity contribution in [1.29, 1.82) is 0 Å². The van der Waals surface area contributed by atoms with Crippen LogP contribution in [0.25, 0.3) is 0 Å². The zero-order chi connectivity index (χ0) is 18.8. The average molecular weight is 365 g/mol. The van der Waals surface area contributed by atoms with Gasteiger partial charge in [0.05, 0.1) is 0 Å². The molecule has 0 aromatic carbocycles. The predicted octanol–water partition coefficient (Wildman–Crippen LogP) is 6.42. The Kier molecular flexibility index (Phi) is 9.73. The number of aryl methyl sites for hydroxylation is 1. The summed E-state index contributed by atoms with van der Waals surface area (Å²) in [7, 11) is 0.381. The lowest BCUT2D eigenvalue weighted by Crippen LogP contribution is -2.40. The quantitative estimate of drug-likeness (QED) is 0.343. The number of nitrogens with zero attached hydrogens (tertiary/aromatic N) is 1. The molecule has 144 valence electrons. The van der Waals surface area contributed by atoms with Crippen molar-refractivity contribution in [3.05, 3.63) is 23.9 Å². The Balaban J connectivity index is 1.99. The van der Waals surface area contributed by atoms with Crippen molar-refractivity contribution >= 4 is 14.1 Å². The number of anilines is 1. The normalized spacial score (nSPS) is 12.4. The van der Waals surface area contributed by atoms with Gasteiger partial charge < -0.3 is 9.74 Å². The highest BCUT2D eigenvalue weighted by molar-refractivity contribution is 6.74. The molecule has 4 heteroatoms. The fourth-order valence-electron chi connectivity index (χ4n) is 2.63. The van der Waals surface area contributed by atoms with Crippen LogP contribution in [-0.4, -0.2) is 27.0 Å². The van der Waals surface area contributed by atoms with Crippen LogP contribution >= 0.6 is 0 Å². The summed E-state index contributed by atoms with van der Waals surface area (Å²) in [5.41, 5.74) is 1.39. The summed E-state index contributed by atoms with van der Waals surface area (Å²) in [4.78, 5) is 4.26. The van der Waals surface area contributed by atoms with Crippen molar-refractivity contribution < 1.29 is 4.43 Å². The van der Waals surface area contributed by atoms with Gasteiger partial charge in [-0.15, -0.1) is 0 Å². The summed E-state index contributed by atoms with van der Waals surface area (Å²) in [5, 5.41) is 3.43. The van der Waals surface area contributed by atoms with Crippen molar-refractivity contribution in [2.24, 2.45) is 0 Å². The van der Waals surface area contributed by atoms with E-state index in [1.807, 2.05) is 13.2 Å². The molecule has 1 rings (SSSR count). The van der Waals surface area contributed by atoms with Gasteiger partial charge in [0.25, 0.3) is 0 Å². The second kappa shape index (κ2) is 11.0. The van der Waals surface area contributed by atoms with Crippen LogP contribution in [0.1, 0.15) is 71.3 Å². The van der Waals surface area contributed by atoms with Crippen LogP contribution in [0.15, 0.2) is 18.3 Å². The third-order valence-corrected chi connectivity index (χ3v) is 10.00. The van der Waals surface area contributed by atoms with E-state index < -0.39 is 8.32 Å². The number of rotatable bonds is 12. The summed E-state index contributed by atoms with van der Waals surface area (Å²) in [6, 6.07) is 4.28. The van der Waals surface area contributed by atoms with Gasteiger partial charge in [-0.1, -0.05) is 52.9 Å². The highest BCUT2D eigenvalue weighted by atomic mass is 28.4. The molecule has 0 aliphatic carbocycles. The smallest absolute Gasteiger partial charge is 0.191 e. The third-order valence-electron chi connectivity index (χ3n) is 5.46. The van der Waals surface area contributed by atoms with Gasteiger partial charge in [-0.2, -0.15) is 0 Å². The van der Waals surface area contributed by atoms with Crippen LogP contribution in [0.4, 0.5) is 5.82 Å². The minimum Gasteiger partial charge on any atom is -0.417 e. The summed E-state index contributed by atoms with van der Waals surface area (Å²) >= 11 is 0. The molecule has 0 radical (unpaired) electrons. The zero-order valence-electron chi connectivity index (χ0n) is 17.5. The lowest BCUT2D eigenvalue weighted by Gasteiger charge is -2.36. The van der Waals surface area contributed by atoms with Gasteiger partial charge in [0, 0.05) is 19.9 Å². The molecule has 0 aliphatic rings. The number of pyridine rings is 1. The van der Waals surface area contributed by atoms with Gasteiger partial charge in [0.2, 0.25) is 0 Å². The molecule has 0 fully saturated rings. The molecule has 0 spiro atoms. The predicted molar refractivity (Wildman–Crippen MR) is 113 cm³/mol. The molecule has 1 aromatic rings. The zero-order valence-corrected chi connectivity index (χ0v) is 18.5. The molecule has 0 aliphatic heterocycles. The molecule has 0 amide bonds. The second-order valence-electron chi connectivity index (χ2n) is 8.63. The lowest BCUT2D eigenvalue weighted by molar-refractivity contribution is 0.277. The van der Waals surface area contributed by atoms with Crippen LogP contribution in [-0.2, 0) is 10.8 Å². The van der Waals surface area contributed by atoms with Gasteiger partial charge in [-0.05, 0) is 55.1 Å². The van der Waals surface area contributed by atoms with Gasteiger partial charge >= 0.3 is 0 Å². The monoisotopic (exact) mass is 364 g/mol.